The molecule has 0 unspecified atom stereocenters. The van der Waals surface area contributed by atoms with Crippen molar-refractivity contribution in [1.82, 2.24) is 26.6 Å². The van der Waals surface area contributed by atoms with Crippen LogP contribution in [0.3, 0.4) is 0 Å². The maximum Gasteiger partial charge on any atom is 0.325 e. The standard InChI is InChI=1S/C20H36N6O9/c1-8(2)14(25-16(30)9(3)22-13(29)6-21)18(32)24-12(7-27)17(31)26-15(11(5)28)19(33)23-10(4)20(34)35/h8-12,14-15,27-28H,6-7,21H2,1-5H3,(H,22,29)(H,23,33)(H,24,32)(H,25,30)(H,26,31)(H,34,35)/t9-,10-,11+,12-,14-,15-/m0/s1. The SMILES string of the molecule is CC(C)[C@H](NC(=O)[C@H](C)NC(=O)CN)C(=O)N[C@@H](CO)C(=O)N[C@H](C(=O)N[C@@H](C)C(=O)O)[C@@H](C)O. The fourth-order valence-corrected chi connectivity index (χ4v) is 2.66. The molecule has 10 N–H and O–H groups in total. The highest BCUT2D eigenvalue weighted by atomic mass is 16.4. The van der Waals surface area contributed by atoms with Gasteiger partial charge in [0.15, 0.2) is 0 Å². The number of carboxylic acids is 1. The summed E-state index contributed by atoms with van der Waals surface area (Å²) in [6, 6.07) is -6.62. The molecule has 0 aromatic heterocycles. The van der Waals surface area contributed by atoms with Gasteiger partial charge in [-0.3, -0.25) is 28.8 Å². The normalized spacial score (nSPS) is 16.0. The monoisotopic (exact) mass is 504 g/mol. The van der Waals surface area contributed by atoms with Crippen LogP contribution in [0.25, 0.3) is 0 Å². The molecule has 35 heavy (non-hydrogen) atoms. The molecule has 0 aromatic carbocycles. The minimum absolute atomic E-state index is 0.334. The number of aliphatic carboxylic acids is 1. The summed E-state index contributed by atoms with van der Waals surface area (Å²) in [4.78, 5) is 72.2. The van der Waals surface area contributed by atoms with E-state index in [2.05, 4.69) is 26.6 Å². The van der Waals surface area contributed by atoms with E-state index in [1.807, 2.05) is 0 Å². The molecular weight excluding hydrogens is 468 g/mol. The first-order valence-corrected chi connectivity index (χ1v) is 10.9. The van der Waals surface area contributed by atoms with E-state index in [0.29, 0.717) is 0 Å². The van der Waals surface area contributed by atoms with E-state index in [4.69, 9.17) is 10.8 Å². The Morgan fingerprint density at radius 2 is 1.23 bits per heavy atom. The maximum atomic E-state index is 12.8. The molecule has 0 saturated carbocycles. The Bertz CT molecular complexity index is 789. The number of carbonyl (C=O) groups is 6. The average Bonchev–Trinajstić information content (AvgIpc) is 2.77. The van der Waals surface area contributed by atoms with E-state index < -0.39 is 84.3 Å². The third-order valence-electron chi connectivity index (χ3n) is 4.81. The molecule has 6 atom stereocenters. The van der Waals surface area contributed by atoms with Crippen molar-refractivity contribution in [2.24, 2.45) is 11.7 Å². The van der Waals surface area contributed by atoms with Crippen LogP contribution >= 0.6 is 0 Å². The Morgan fingerprint density at radius 3 is 1.66 bits per heavy atom. The number of hydrogen-bond donors (Lipinski definition) is 9. The molecule has 0 spiro atoms. The molecule has 0 aromatic rings. The molecule has 0 saturated heterocycles. The largest absolute Gasteiger partial charge is 0.480 e. The molecule has 0 fully saturated rings. The summed E-state index contributed by atoms with van der Waals surface area (Å²) < 4.78 is 0. The molecular formula is C20H36N6O9. The second-order valence-corrected chi connectivity index (χ2v) is 8.26. The summed E-state index contributed by atoms with van der Waals surface area (Å²) in [6.07, 6.45) is -1.44. The van der Waals surface area contributed by atoms with Crippen LogP contribution < -0.4 is 32.3 Å². The fourth-order valence-electron chi connectivity index (χ4n) is 2.66. The number of nitrogens with two attached hydrogens (primary N) is 1. The third-order valence-corrected chi connectivity index (χ3v) is 4.81. The van der Waals surface area contributed by atoms with E-state index in [-0.39, 0.29) is 6.54 Å². The Hall–Kier alpha value is -3.30. The van der Waals surface area contributed by atoms with Gasteiger partial charge < -0.3 is 47.6 Å². The topological polar surface area (TPSA) is 249 Å². The Labute approximate surface area is 202 Å². The fraction of sp³-hybridized carbons (Fsp3) is 0.700. The van der Waals surface area contributed by atoms with Gasteiger partial charge >= 0.3 is 5.97 Å². The molecule has 5 amide bonds. The predicted molar refractivity (Wildman–Crippen MR) is 121 cm³/mol. The Kier molecular flexibility index (Phi) is 13.5. The van der Waals surface area contributed by atoms with Gasteiger partial charge in [-0.2, -0.15) is 0 Å². The van der Waals surface area contributed by atoms with Crippen LogP contribution in [0.2, 0.25) is 0 Å². The van der Waals surface area contributed by atoms with Gasteiger partial charge in [0.1, 0.15) is 30.2 Å². The third kappa shape index (κ3) is 10.7. The zero-order valence-electron chi connectivity index (χ0n) is 20.3. The van der Waals surface area contributed by atoms with Crippen LogP contribution in [0.15, 0.2) is 0 Å². The number of hydrogen-bond acceptors (Lipinski definition) is 9. The molecule has 0 heterocycles. The average molecular weight is 505 g/mol. The number of nitrogens with one attached hydrogen (secondary N) is 5. The molecule has 200 valence electrons. The number of carbonyl (C=O) groups excluding carboxylic acids is 5. The van der Waals surface area contributed by atoms with Crippen LogP contribution in [0, 0.1) is 5.92 Å². The van der Waals surface area contributed by atoms with Crippen molar-refractivity contribution in [3.05, 3.63) is 0 Å². The summed E-state index contributed by atoms with van der Waals surface area (Å²) in [5.41, 5.74) is 5.19. The summed E-state index contributed by atoms with van der Waals surface area (Å²) in [7, 11) is 0. The number of aliphatic hydroxyl groups is 2. The van der Waals surface area contributed by atoms with E-state index in [0.717, 1.165) is 0 Å². The highest BCUT2D eigenvalue weighted by molar-refractivity contribution is 5.96. The first kappa shape index (κ1) is 31.7. The van der Waals surface area contributed by atoms with Crippen molar-refractivity contribution < 1.29 is 44.1 Å². The van der Waals surface area contributed by atoms with E-state index in [1.165, 1.54) is 20.8 Å². The minimum Gasteiger partial charge on any atom is -0.480 e. The van der Waals surface area contributed by atoms with Crippen LogP contribution in [-0.2, 0) is 28.8 Å². The lowest BCUT2D eigenvalue weighted by Gasteiger charge is -2.27. The lowest BCUT2D eigenvalue weighted by Crippen LogP contribution is -2.61. The van der Waals surface area contributed by atoms with Gasteiger partial charge in [-0.15, -0.1) is 0 Å². The lowest BCUT2D eigenvalue weighted by atomic mass is 10.0. The molecule has 0 radical (unpaired) electrons. The second-order valence-electron chi connectivity index (χ2n) is 8.26. The van der Waals surface area contributed by atoms with Gasteiger partial charge in [0.05, 0.1) is 19.3 Å². The van der Waals surface area contributed by atoms with Gasteiger partial charge in [0.25, 0.3) is 0 Å². The van der Waals surface area contributed by atoms with Crippen LogP contribution in [0.5, 0.6) is 0 Å². The van der Waals surface area contributed by atoms with Gasteiger partial charge in [0, 0.05) is 0 Å². The lowest BCUT2D eigenvalue weighted by molar-refractivity contribution is -0.142. The van der Waals surface area contributed by atoms with Crippen LogP contribution in [0.4, 0.5) is 0 Å². The van der Waals surface area contributed by atoms with E-state index >= 15 is 0 Å². The summed E-state index contributed by atoms with van der Waals surface area (Å²) in [5.74, 6) is -5.94. The molecule has 0 aliphatic rings. The highest BCUT2D eigenvalue weighted by Crippen LogP contribution is 2.04. The summed E-state index contributed by atoms with van der Waals surface area (Å²) in [6.45, 7) is 5.74. The maximum absolute atomic E-state index is 12.8. The molecule has 15 nitrogen and oxygen atoms in total. The smallest absolute Gasteiger partial charge is 0.325 e. The van der Waals surface area contributed by atoms with Crippen molar-refractivity contribution in [3.8, 4) is 0 Å². The molecule has 0 aliphatic heterocycles. The zero-order chi connectivity index (χ0) is 27.5. The van der Waals surface area contributed by atoms with Crippen LogP contribution in [0.1, 0.15) is 34.6 Å². The van der Waals surface area contributed by atoms with Crippen molar-refractivity contribution in [1.29, 1.82) is 0 Å². The van der Waals surface area contributed by atoms with Gasteiger partial charge in [-0.1, -0.05) is 13.8 Å². The zero-order valence-corrected chi connectivity index (χ0v) is 20.3. The first-order chi connectivity index (χ1) is 16.2. The highest BCUT2D eigenvalue weighted by Gasteiger charge is 2.33. The predicted octanol–water partition coefficient (Wildman–Crippen LogP) is -4.48. The van der Waals surface area contributed by atoms with Crippen molar-refractivity contribution in [3.63, 3.8) is 0 Å². The van der Waals surface area contributed by atoms with E-state index in [9.17, 15) is 39.0 Å². The van der Waals surface area contributed by atoms with Gasteiger partial charge in [0.2, 0.25) is 29.5 Å². The van der Waals surface area contributed by atoms with E-state index in [1.54, 1.807) is 13.8 Å². The number of carboxylic acid groups (broad SMARTS) is 1. The Balaban J connectivity index is 5.35. The summed E-state index contributed by atoms with van der Waals surface area (Å²) in [5, 5.41) is 39.7. The Morgan fingerprint density at radius 1 is 0.714 bits per heavy atom. The molecule has 0 rings (SSSR count). The molecule has 0 bridgehead atoms. The quantitative estimate of drug-likeness (QED) is 0.110. The minimum atomic E-state index is -1.58. The van der Waals surface area contributed by atoms with Crippen LogP contribution in [-0.4, -0.2) is 100 Å². The van der Waals surface area contributed by atoms with Crippen molar-refractivity contribution in [2.75, 3.05) is 13.2 Å². The van der Waals surface area contributed by atoms with Gasteiger partial charge in [-0.25, -0.2) is 0 Å². The number of rotatable bonds is 14. The number of aliphatic hydroxyl groups excluding tert-OH is 2. The second kappa shape index (κ2) is 14.9. The molecule has 15 heteroatoms. The summed E-state index contributed by atoms with van der Waals surface area (Å²) >= 11 is 0. The first-order valence-electron chi connectivity index (χ1n) is 10.9. The van der Waals surface area contributed by atoms with Gasteiger partial charge in [-0.05, 0) is 26.7 Å². The number of amides is 5. The van der Waals surface area contributed by atoms with Crippen molar-refractivity contribution in [2.45, 2.75) is 70.9 Å². The molecule has 0 aliphatic carbocycles. The van der Waals surface area contributed by atoms with Crippen molar-refractivity contribution >= 4 is 35.5 Å².